The van der Waals surface area contributed by atoms with E-state index in [2.05, 4.69) is 4.72 Å². The highest BCUT2D eigenvalue weighted by molar-refractivity contribution is 7.89. The van der Waals surface area contributed by atoms with Crippen molar-refractivity contribution >= 4 is 22.0 Å². The molecule has 2 saturated heterocycles. The van der Waals surface area contributed by atoms with E-state index in [9.17, 15) is 22.4 Å². The molecule has 0 radical (unpaired) electrons. The average Bonchev–Trinajstić information content (AvgIpc) is 2.80. The first-order valence-corrected chi connectivity index (χ1v) is 12.8. The van der Waals surface area contributed by atoms with Gasteiger partial charge in [0.05, 0.1) is 4.90 Å². The second-order valence-corrected chi connectivity index (χ2v) is 10.1. The van der Waals surface area contributed by atoms with E-state index in [0.717, 1.165) is 12.1 Å². The summed E-state index contributed by atoms with van der Waals surface area (Å²) in [5.74, 6) is -0.484. The summed E-state index contributed by atoms with van der Waals surface area (Å²) >= 11 is 0. The van der Waals surface area contributed by atoms with Crippen LogP contribution in [0.4, 0.5) is 9.18 Å². The van der Waals surface area contributed by atoms with Crippen molar-refractivity contribution in [3.8, 4) is 0 Å². The van der Waals surface area contributed by atoms with Crippen LogP contribution in [0.1, 0.15) is 39.5 Å². The summed E-state index contributed by atoms with van der Waals surface area (Å²) in [7, 11) is -3.72. The zero-order valence-corrected chi connectivity index (χ0v) is 19.6. The van der Waals surface area contributed by atoms with E-state index in [4.69, 9.17) is 0 Å². The first kappa shape index (κ1) is 24.4. The highest BCUT2D eigenvalue weighted by Gasteiger charge is 2.33. The standard InChI is InChI=1S/C22H33FN4O4S/c1-3-25(4-2)22(29)27-13-9-17(10-14-27)21(28)26-15-11-19(12-16-26)24-32(30,31)20-7-5-18(23)6-8-20/h5-8,17,19,24H,3-4,9-16H2,1-2H3. The lowest BCUT2D eigenvalue weighted by atomic mass is 9.94. The van der Waals surface area contributed by atoms with Crippen LogP contribution in [0.15, 0.2) is 29.2 Å². The minimum atomic E-state index is -3.72. The summed E-state index contributed by atoms with van der Waals surface area (Å²) in [5.41, 5.74) is 0. The number of rotatable bonds is 6. The van der Waals surface area contributed by atoms with Crippen LogP contribution in [-0.4, -0.2) is 80.4 Å². The summed E-state index contributed by atoms with van der Waals surface area (Å²) in [6.45, 7) is 7.42. The number of carbonyl (C=O) groups is 2. The Kier molecular flexibility index (Phi) is 8.10. The van der Waals surface area contributed by atoms with Gasteiger partial charge in [0.2, 0.25) is 15.9 Å². The van der Waals surface area contributed by atoms with Crippen LogP contribution in [0.3, 0.4) is 0 Å². The first-order valence-electron chi connectivity index (χ1n) is 11.4. The molecule has 2 heterocycles. The van der Waals surface area contributed by atoms with Gasteiger partial charge in [-0.15, -0.1) is 0 Å². The molecule has 2 aliphatic heterocycles. The quantitative estimate of drug-likeness (QED) is 0.694. The van der Waals surface area contributed by atoms with Gasteiger partial charge in [-0.1, -0.05) is 0 Å². The number of carbonyl (C=O) groups excluding carboxylic acids is 2. The predicted octanol–water partition coefficient (Wildman–Crippen LogP) is 2.27. The Bertz CT molecular complexity index is 889. The fraction of sp³-hybridized carbons (Fsp3) is 0.636. The number of sulfonamides is 1. The molecule has 2 fully saturated rings. The second-order valence-electron chi connectivity index (χ2n) is 8.39. The molecular formula is C22H33FN4O4S. The molecular weight excluding hydrogens is 435 g/mol. The average molecular weight is 469 g/mol. The molecule has 0 atom stereocenters. The van der Waals surface area contributed by atoms with E-state index in [1.165, 1.54) is 12.1 Å². The zero-order chi connectivity index (χ0) is 23.3. The number of hydrogen-bond donors (Lipinski definition) is 1. The monoisotopic (exact) mass is 468 g/mol. The molecule has 3 amide bonds. The van der Waals surface area contributed by atoms with Gasteiger partial charge in [-0.05, 0) is 63.8 Å². The van der Waals surface area contributed by atoms with Gasteiger partial charge in [0.25, 0.3) is 0 Å². The van der Waals surface area contributed by atoms with Gasteiger partial charge < -0.3 is 14.7 Å². The molecule has 0 unspecified atom stereocenters. The number of nitrogens with one attached hydrogen (secondary N) is 1. The molecule has 0 bridgehead atoms. The lowest BCUT2D eigenvalue weighted by molar-refractivity contribution is -0.138. The van der Waals surface area contributed by atoms with Gasteiger partial charge in [0.1, 0.15) is 5.82 Å². The summed E-state index contributed by atoms with van der Waals surface area (Å²) in [5, 5.41) is 0. The number of amides is 3. The maximum Gasteiger partial charge on any atom is 0.319 e. The topological polar surface area (TPSA) is 90.0 Å². The Hall–Kier alpha value is -2.20. The van der Waals surface area contributed by atoms with Crippen LogP contribution in [0.25, 0.3) is 0 Å². The molecule has 1 aromatic carbocycles. The summed E-state index contributed by atoms with van der Waals surface area (Å²) in [4.78, 5) is 30.9. The summed E-state index contributed by atoms with van der Waals surface area (Å²) in [6.07, 6.45) is 2.38. The number of likely N-dealkylation sites (tertiary alicyclic amines) is 2. The Morgan fingerprint density at radius 3 is 2.03 bits per heavy atom. The number of nitrogens with zero attached hydrogens (tertiary/aromatic N) is 3. The van der Waals surface area contributed by atoms with Gasteiger partial charge in [-0.3, -0.25) is 4.79 Å². The van der Waals surface area contributed by atoms with Crippen LogP contribution >= 0.6 is 0 Å². The number of halogens is 1. The molecule has 1 aromatic rings. The van der Waals surface area contributed by atoms with Crippen molar-refractivity contribution in [2.75, 3.05) is 39.3 Å². The van der Waals surface area contributed by atoms with Gasteiger partial charge in [-0.2, -0.15) is 0 Å². The highest BCUT2D eigenvalue weighted by Crippen LogP contribution is 2.23. The molecule has 0 aromatic heterocycles. The SMILES string of the molecule is CCN(CC)C(=O)N1CCC(C(=O)N2CCC(NS(=O)(=O)c3ccc(F)cc3)CC2)CC1. The minimum absolute atomic E-state index is 0.0309. The van der Waals surface area contributed by atoms with Crippen molar-refractivity contribution in [2.24, 2.45) is 5.92 Å². The fourth-order valence-corrected chi connectivity index (χ4v) is 5.69. The van der Waals surface area contributed by atoms with Crippen LogP contribution in [-0.2, 0) is 14.8 Å². The van der Waals surface area contributed by atoms with Gasteiger partial charge in [-0.25, -0.2) is 22.3 Å². The van der Waals surface area contributed by atoms with E-state index < -0.39 is 15.8 Å². The van der Waals surface area contributed by atoms with Crippen molar-refractivity contribution in [3.05, 3.63) is 30.1 Å². The molecule has 1 N–H and O–H groups in total. The van der Waals surface area contributed by atoms with Crippen molar-refractivity contribution < 1.29 is 22.4 Å². The van der Waals surface area contributed by atoms with Gasteiger partial charge in [0.15, 0.2) is 0 Å². The summed E-state index contributed by atoms with van der Waals surface area (Å²) in [6, 6.07) is 4.51. The van der Waals surface area contributed by atoms with Gasteiger partial charge >= 0.3 is 6.03 Å². The lowest BCUT2D eigenvalue weighted by Gasteiger charge is -2.38. The fourth-order valence-electron chi connectivity index (χ4n) is 4.39. The van der Waals surface area contributed by atoms with Gasteiger partial charge in [0, 0.05) is 51.2 Å². The first-order chi connectivity index (χ1) is 15.2. The van der Waals surface area contributed by atoms with Crippen molar-refractivity contribution in [1.29, 1.82) is 0 Å². The molecule has 178 valence electrons. The molecule has 2 aliphatic rings. The van der Waals surface area contributed by atoms with E-state index >= 15 is 0 Å². The number of benzene rings is 1. The largest absolute Gasteiger partial charge is 0.342 e. The second kappa shape index (κ2) is 10.6. The third-order valence-corrected chi connectivity index (χ3v) is 7.94. The molecule has 0 saturated carbocycles. The Labute approximate surface area is 189 Å². The van der Waals surface area contributed by atoms with Crippen LogP contribution in [0.5, 0.6) is 0 Å². The van der Waals surface area contributed by atoms with Crippen molar-refractivity contribution in [2.45, 2.75) is 50.5 Å². The highest BCUT2D eigenvalue weighted by atomic mass is 32.2. The molecule has 3 rings (SSSR count). The maximum absolute atomic E-state index is 13.1. The smallest absolute Gasteiger partial charge is 0.319 e. The maximum atomic E-state index is 13.1. The van der Waals surface area contributed by atoms with E-state index in [0.29, 0.717) is 65.0 Å². The summed E-state index contributed by atoms with van der Waals surface area (Å²) < 4.78 is 40.7. The van der Waals surface area contributed by atoms with Crippen molar-refractivity contribution in [1.82, 2.24) is 19.4 Å². The molecule has 8 nitrogen and oxygen atoms in total. The third kappa shape index (κ3) is 5.78. The zero-order valence-electron chi connectivity index (χ0n) is 18.8. The third-order valence-electron chi connectivity index (χ3n) is 6.40. The van der Waals surface area contributed by atoms with Crippen LogP contribution in [0, 0.1) is 11.7 Å². The predicted molar refractivity (Wildman–Crippen MR) is 119 cm³/mol. The van der Waals surface area contributed by atoms with Crippen LogP contribution < -0.4 is 4.72 Å². The lowest BCUT2D eigenvalue weighted by Crippen LogP contribution is -2.51. The van der Waals surface area contributed by atoms with E-state index in [-0.39, 0.29) is 28.8 Å². The van der Waals surface area contributed by atoms with E-state index in [1.807, 2.05) is 23.6 Å². The normalized spacial score (nSPS) is 18.6. The molecule has 0 spiro atoms. The Balaban J connectivity index is 1.47. The minimum Gasteiger partial charge on any atom is -0.342 e. The van der Waals surface area contributed by atoms with Crippen molar-refractivity contribution in [3.63, 3.8) is 0 Å². The molecule has 32 heavy (non-hydrogen) atoms. The molecule has 0 aliphatic carbocycles. The number of hydrogen-bond acceptors (Lipinski definition) is 4. The number of urea groups is 1. The van der Waals surface area contributed by atoms with Crippen LogP contribution in [0.2, 0.25) is 0 Å². The van der Waals surface area contributed by atoms with E-state index in [1.54, 1.807) is 4.90 Å². The Morgan fingerprint density at radius 2 is 1.50 bits per heavy atom. The molecule has 10 heteroatoms. The Morgan fingerprint density at radius 1 is 0.969 bits per heavy atom. The number of piperidine rings is 2.